The number of benzene rings is 2. The third-order valence-electron chi connectivity index (χ3n) is 8.49. The van der Waals surface area contributed by atoms with Crippen molar-refractivity contribution in [2.75, 3.05) is 18.5 Å². The lowest BCUT2D eigenvalue weighted by Crippen LogP contribution is -2.44. The number of amides is 1. The van der Waals surface area contributed by atoms with Crippen molar-refractivity contribution in [2.24, 2.45) is 10.8 Å². The van der Waals surface area contributed by atoms with Crippen molar-refractivity contribution in [1.82, 2.24) is 4.90 Å². The molecule has 7 heteroatoms. The van der Waals surface area contributed by atoms with Gasteiger partial charge in [-0.3, -0.25) is 14.4 Å². The molecular weight excluding hydrogens is 548 g/mol. The number of aryl methyl sites for hydroxylation is 1. The lowest BCUT2D eigenvalue weighted by atomic mass is 9.63. The Morgan fingerprint density at radius 3 is 2.14 bits per heavy atom. The minimum Gasteiger partial charge on any atom is -0.484 e. The largest absolute Gasteiger partial charge is 0.484 e. The molecule has 0 aromatic heterocycles. The average molecular weight is 589 g/mol. The van der Waals surface area contributed by atoms with E-state index in [-0.39, 0.29) is 34.9 Å². The van der Waals surface area contributed by atoms with Crippen LogP contribution in [0.15, 0.2) is 65.0 Å². The summed E-state index contributed by atoms with van der Waals surface area (Å²) in [6, 6.07) is 12.9. The number of rotatable bonds is 7. The van der Waals surface area contributed by atoms with E-state index in [1.54, 1.807) is 18.2 Å². The zero-order chi connectivity index (χ0) is 30.4. The monoisotopic (exact) mass is 588 g/mol. The third-order valence-corrected chi connectivity index (χ3v) is 8.89. The van der Waals surface area contributed by atoms with Crippen molar-refractivity contribution in [2.45, 2.75) is 79.6 Å². The number of hydrogen-bond donors (Lipinski definition) is 1. The molecular formula is C35H41ClN2O4. The first-order valence-electron chi connectivity index (χ1n) is 14.9. The maximum atomic E-state index is 13.9. The highest BCUT2D eigenvalue weighted by Crippen LogP contribution is 2.54. The highest BCUT2D eigenvalue weighted by atomic mass is 35.5. The molecule has 0 bridgehead atoms. The highest BCUT2D eigenvalue weighted by molar-refractivity contribution is 6.31. The van der Waals surface area contributed by atoms with Gasteiger partial charge in [0.05, 0.1) is 0 Å². The number of allylic oxidation sites excluding steroid dienone is 4. The van der Waals surface area contributed by atoms with Crippen molar-refractivity contribution in [3.8, 4) is 5.75 Å². The maximum absolute atomic E-state index is 13.9. The lowest BCUT2D eigenvalue weighted by molar-refractivity contribution is -0.120. The molecule has 0 atom stereocenters. The molecule has 1 amide bonds. The quantitative estimate of drug-likeness (QED) is 0.358. The van der Waals surface area contributed by atoms with Gasteiger partial charge in [0, 0.05) is 58.6 Å². The summed E-state index contributed by atoms with van der Waals surface area (Å²) in [7, 11) is 0. The van der Waals surface area contributed by atoms with Gasteiger partial charge in [-0.1, -0.05) is 64.4 Å². The molecule has 0 saturated carbocycles. The first kappa shape index (κ1) is 30.1. The van der Waals surface area contributed by atoms with Crippen LogP contribution in [0.4, 0.5) is 5.69 Å². The van der Waals surface area contributed by atoms with E-state index in [0.29, 0.717) is 29.3 Å². The fraction of sp³-hybridized carbons (Fsp3) is 0.457. The third kappa shape index (κ3) is 6.05. The Morgan fingerprint density at radius 1 is 0.952 bits per heavy atom. The molecule has 1 N–H and O–H groups in total. The number of hydrogen-bond acceptors (Lipinski definition) is 5. The molecule has 3 aliphatic rings. The van der Waals surface area contributed by atoms with E-state index in [4.69, 9.17) is 16.3 Å². The Labute approximate surface area is 254 Å². The minimum absolute atomic E-state index is 0.110. The number of carbonyl (C=O) groups is 3. The Balaban J connectivity index is 1.49. The highest BCUT2D eigenvalue weighted by Gasteiger charge is 2.48. The fourth-order valence-corrected chi connectivity index (χ4v) is 6.86. The summed E-state index contributed by atoms with van der Waals surface area (Å²) in [5.74, 6) is -0.0185. The van der Waals surface area contributed by atoms with Gasteiger partial charge in [0.1, 0.15) is 5.75 Å². The Kier molecular flexibility index (Phi) is 8.14. The summed E-state index contributed by atoms with van der Waals surface area (Å²) in [6.45, 7) is 13.2. The Hall–Kier alpha value is -3.38. The first-order valence-corrected chi connectivity index (χ1v) is 15.3. The van der Waals surface area contributed by atoms with E-state index in [2.05, 4.69) is 44.8 Å². The smallest absolute Gasteiger partial charge is 0.262 e. The Bertz CT molecular complexity index is 1460. The van der Waals surface area contributed by atoms with E-state index in [1.165, 1.54) is 0 Å². The molecule has 0 saturated heterocycles. The van der Waals surface area contributed by atoms with Crippen LogP contribution in [0.25, 0.3) is 0 Å². The van der Waals surface area contributed by atoms with Crippen LogP contribution in [0, 0.1) is 17.8 Å². The van der Waals surface area contributed by atoms with Gasteiger partial charge in [-0.05, 0) is 72.4 Å². The summed E-state index contributed by atoms with van der Waals surface area (Å²) in [6.07, 6.45) is 3.39. The molecule has 42 heavy (non-hydrogen) atoms. The number of carbonyl (C=O) groups excluding carboxylic acids is 3. The van der Waals surface area contributed by atoms with Crippen LogP contribution in [0.1, 0.15) is 83.8 Å². The number of nitrogens with zero attached hydrogens (tertiary/aromatic N) is 1. The van der Waals surface area contributed by atoms with Gasteiger partial charge >= 0.3 is 0 Å². The first-order chi connectivity index (χ1) is 19.8. The molecule has 0 spiro atoms. The van der Waals surface area contributed by atoms with Gasteiger partial charge in [-0.15, -0.1) is 0 Å². The number of ketones is 2. The van der Waals surface area contributed by atoms with Crippen molar-refractivity contribution in [3.05, 3.63) is 81.2 Å². The predicted octanol–water partition coefficient (Wildman–Crippen LogP) is 7.76. The second-order valence-corrected chi connectivity index (χ2v) is 14.0. The molecule has 0 radical (unpaired) electrons. The van der Waals surface area contributed by atoms with Gasteiger partial charge in [0.25, 0.3) is 5.91 Å². The van der Waals surface area contributed by atoms with Gasteiger partial charge in [-0.2, -0.15) is 0 Å². The molecule has 6 nitrogen and oxygen atoms in total. The summed E-state index contributed by atoms with van der Waals surface area (Å²) in [5, 5.41) is 3.40. The van der Waals surface area contributed by atoms with Crippen LogP contribution < -0.4 is 10.1 Å². The van der Waals surface area contributed by atoms with Crippen molar-refractivity contribution in [1.29, 1.82) is 0 Å². The van der Waals surface area contributed by atoms with Gasteiger partial charge in [0.2, 0.25) is 0 Å². The average Bonchev–Trinajstić information content (AvgIpc) is 2.89. The number of anilines is 1. The zero-order valence-corrected chi connectivity index (χ0v) is 26.3. The van der Waals surface area contributed by atoms with Crippen LogP contribution in [-0.4, -0.2) is 35.5 Å². The SMILES string of the molecule is CCCN1C2=C(C(=O)CC(C)(C)C2)C(c2cccc(OCC(=O)Nc3ccc(C)c(Cl)c3)c2)C2=C1CC(C)(C)CC2=O. The number of Topliss-reactive ketones (excluding diaryl/α,β-unsaturated/α-hetero) is 2. The van der Waals surface area contributed by atoms with Crippen LogP contribution in [-0.2, 0) is 14.4 Å². The van der Waals surface area contributed by atoms with Gasteiger partial charge in [-0.25, -0.2) is 0 Å². The van der Waals surface area contributed by atoms with E-state index >= 15 is 0 Å². The molecule has 2 aromatic rings. The van der Waals surface area contributed by atoms with Crippen molar-refractivity contribution in [3.63, 3.8) is 0 Å². The summed E-state index contributed by atoms with van der Waals surface area (Å²) in [4.78, 5) is 42.8. The maximum Gasteiger partial charge on any atom is 0.262 e. The van der Waals surface area contributed by atoms with Crippen LogP contribution in [0.3, 0.4) is 0 Å². The zero-order valence-electron chi connectivity index (χ0n) is 25.5. The normalized spacial score (nSPS) is 19.9. The van der Waals surface area contributed by atoms with E-state index < -0.39 is 5.92 Å². The van der Waals surface area contributed by atoms with Gasteiger partial charge < -0.3 is 15.0 Å². The second kappa shape index (κ2) is 11.4. The standard InChI is InChI=1S/C35H41ClN2O4/c1-7-13-38-26-16-34(3,4)18-28(39)32(26)31(33-27(38)17-35(5,6)19-29(33)40)22-9-8-10-24(14-22)42-20-30(41)37-23-12-11-21(2)25(36)15-23/h8-12,14-15,31H,7,13,16-20H2,1-6H3,(H,37,41). The van der Waals surface area contributed by atoms with Crippen LogP contribution in [0.2, 0.25) is 5.02 Å². The molecule has 1 aliphatic heterocycles. The summed E-state index contributed by atoms with van der Waals surface area (Å²) >= 11 is 6.20. The minimum atomic E-state index is -0.442. The van der Waals surface area contributed by atoms with Crippen LogP contribution in [0.5, 0.6) is 5.75 Å². The number of halogens is 1. The van der Waals surface area contributed by atoms with Crippen LogP contribution >= 0.6 is 11.6 Å². The predicted molar refractivity (Wildman–Crippen MR) is 167 cm³/mol. The fourth-order valence-electron chi connectivity index (χ4n) is 6.68. The molecule has 2 aromatic carbocycles. The van der Waals surface area contributed by atoms with E-state index in [1.807, 2.05) is 31.2 Å². The molecule has 222 valence electrons. The lowest BCUT2D eigenvalue weighted by Gasteiger charge is -2.49. The summed E-state index contributed by atoms with van der Waals surface area (Å²) in [5.41, 5.74) is 5.70. The topological polar surface area (TPSA) is 75.7 Å². The van der Waals surface area contributed by atoms with E-state index in [9.17, 15) is 14.4 Å². The van der Waals surface area contributed by atoms with E-state index in [0.717, 1.165) is 59.5 Å². The second-order valence-electron chi connectivity index (χ2n) is 13.6. The Morgan fingerprint density at radius 2 is 1.57 bits per heavy atom. The number of nitrogens with one attached hydrogen (secondary N) is 1. The molecule has 0 fully saturated rings. The van der Waals surface area contributed by atoms with Crippen molar-refractivity contribution < 1.29 is 19.1 Å². The molecule has 1 heterocycles. The molecule has 5 rings (SSSR count). The van der Waals surface area contributed by atoms with Crippen molar-refractivity contribution >= 4 is 34.8 Å². The molecule has 0 unspecified atom stereocenters. The summed E-state index contributed by atoms with van der Waals surface area (Å²) < 4.78 is 5.92. The van der Waals surface area contributed by atoms with Gasteiger partial charge in [0.15, 0.2) is 18.2 Å². The molecule has 2 aliphatic carbocycles. The number of ether oxygens (including phenoxy) is 1.